The van der Waals surface area contributed by atoms with Crippen molar-refractivity contribution in [3.8, 4) is 5.75 Å². The number of nitrogens with zero attached hydrogens (tertiary/aromatic N) is 2. The zero-order chi connectivity index (χ0) is 11.5. The second kappa shape index (κ2) is 4.49. The molecular weight excluding hydrogens is 208 g/mol. The van der Waals surface area contributed by atoms with E-state index in [-0.39, 0.29) is 17.4 Å². The largest absolute Gasteiger partial charge is 0.505 e. The summed E-state index contributed by atoms with van der Waals surface area (Å²) in [6, 6.07) is 3.00. The normalized spacial score (nSPS) is 20.8. The van der Waals surface area contributed by atoms with Crippen molar-refractivity contribution >= 4 is 5.91 Å². The third kappa shape index (κ3) is 2.14. The van der Waals surface area contributed by atoms with Gasteiger partial charge in [-0.1, -0.05) is 0 Å². The fourth-order valence-electron chi connectivity index (χ4n) is 1.85. The number of aliphatic hydroxyl groups is 1. The molecule has 86 valence electrons. The molecule has 1 saturated heterocycles. The minimum atomic E-state index is -0.469. The molecule has 16 heavy (non-hydrogen) atoms. The van der Waals surface area contributed by atoms with E-state index in [9.17, 15) is 15.0 Å². The Hall–Kier alpha value is -1.62. The van der Waals surface area contributed by atoms with Gasteiger partial charge in [-0.25, -0.2) is 4.98 Å². The third-order valence-electron chi connectivity index (χ3n) is 2.67. The Bertz CT molecular complexity index is 395. The Kier molecular flexibility index (Phi) is 3.05. The van der Waals surface area contributed by atoms with E-state index in [1.807, 2.05) is 0 Å². The highest BCUT2D eigenvalue weighted by molar-refractivity contribution is 5.94. The smallest absolute Gasteiger partial charge is 0.276 e. The number of amides is 1. The fraction of sp³-hybridized carbons (Fsp3) is 0.455. The van der Waals surface area contributed by atoms with E-state index < -0.39 is 6.10 Å². The Morgan fingerprint density at radius 1 is 1.56 bits per heavy atom. The lowest BCUT2D eigenvalue weighted by Crippen LogP contribution is -2.42. The Labute approximate surface area is 93.3 Å². The van der Waals surface area contributed by atoms with Crippen LogP contribution in [0.25, 0.3) is 0 Å². The van der Waals surface area contributed by atoms with Gasteiger partial charge in [0, 0.05) is 19.3 Å². The molecule has 1 atom stereocenters. The van der Waals surface area contributed by atoms with E-state index in [0.717, 1.165) is 12.8 Å². The quantitative estimate of drug-likeness (QED) is 0.720. The van der Waals surface area contributed by atoms with Crippen molar-refractivity contribution in [3.05, 3.63) is 24.0 Å². The number of hydrogen-bond acceptors (Lipinski definition) is 4. The summed E-state index contributed by atoms with van der Waals surface area (Å²) in [5.74, 6) is -0.440. The maximum Gasteiger partial charge on any atom is 0.276 e. The summed E-state index contributed by atoms with van der Waals surface area (Å²) in [5.41, 5.74) is 0.0524. The van der Waals surface area contributed by atoms with E-state index in [2.05, 4.69) is 4.98 Å². The summed E-state index contributed by atoms with van der Waals surface area (Å²) in [7, 11) is 0. The number of piperidine rings is 1. The average Bonchev–Trinajstić information content (AvgIpc) is 2.29. The van der Waals surface area contributed by atoms with Crippen molar-refractivity contribution in [2.24, 2.45) is 0 Å². The van der Waals surface area contributed by atoms with E-state index >= 15 is 0 Å². The molecular formula is C11H14N2O3. The fourth-order valence-corrected chi connectivity index (χ4v) is 1.85. The minimum Gasteiger partial charge on any atom is -0.505 e. The van der Waals surface area contributed by atoms with Crippen molar-refractivity contribution in [2.45, 2.75) is 18.9 Å². The number of aromatic nitrogens is 1. The molecule has 1 fully saturated rings. The van der Waals surface area contributed by atoms with Crippen LogP contribution in [0.2, 0.25) is 0 Å². The van der Waals surface area contributed by atoms with Crippen LogP contribution in [0.5, 0.6) is 5.75 Å². The van der Waals surface area contributed by atoms with E-state index in [1.165, 1.54) is 17.2 Å². The molecule has 0 aliphatic carbocycles. The molecule has 2 rings (SSSR count). The predicted octanol–water partition coefficient (Wildman–Crippen LogP) is 0.384. The molecule has 2 N–H and O–H groups in total. The van der Waals surface area contributed by atoms with E-state index in [1.54, 1.807) is 6.07 Å². The third-order valence-corrected chi connectivity index (χ3v) is 2.67. The highest BCUT2D eigenvalue weighted by Crippen LogP contribution is 2.18. The summed E-state index contributed by atoms with van der Waals surface area (Å²) in [5, 5.41) is 19.0. The lowest BCUT2D eigenvalue weighted by Gasteiger charge is -2.29. The van der Waals surface area contributed by atoms with Gasteiger partial charge < -0.3 is 15.1 Å². The first-order chi connectivity index (χ1) is 7.68. The topological polar surface area (TPSA) is 73.7 Å². The van der Waals surface area contributed by atoms with E-state index in [0.29, 0.717) is 13.1 Å². The lowest BCUT2D eigenvalue weighted by atomic mass is 10.1. The molecule has 1 aliphatic heterocycles. The number of pyridine rings is 1. The van der Waals surface area contributed by atoms with Crippen LogP contribution in [0, 0.1) is 0 Å². The number of β-amino-alcohol motifs (C(OH)–C–C–N with tert-alkyl or cyclic N) is 1. The van der Waals surface area contributed by atoms with Gasteiger partial charge in [0.1, 0.15) is 5.75 Å². The van der Waals surface area contributed by atoms with Gasteiger partial charge >= 0.3 is 0 Å². The number of rotatable bonds is 1. The van der Waals surface area contributed by atoms with Crippen LogP contribution >= 0.6 is 0 Å². The maximum absolute atomic E-state index is 12.0. The molecule has 2 heterocycles. The van der Waals surface area contributed by atoms with Gasteiger partial charge in [0.2, 0.25) is 0 Å². The van der Waals surface area contributed by atoms with Gasteiger partial charge in [0.15, 0.2) is 5.69 Å². The van der Waals surface area contributed by atoms with Crippen molar-refractivity contribution in [2.75, 3.05) is 13.1 Å². The standard InChI is InChI=1S/C11H14N2O3/c14-8-3-2-6-13(7-8)11(16)10-9(15)4-1-5-12-10/h1,4-5,8,14-15H,2-3,6-7H2/t8-/m0/s1. The highest BCUT2D eigenvalue weighted by Gasteiger charge is 2.25. The first kappa shape index (κ1) is 10.9. The van der Waals surface area contributed by atoms with Crippen molar-refractivity contribution in [3.63, 3.8) is 0 Å². The van der Waals surface area contributed by atoms with Crippen LogP contribution in [0.4, 0.5) is 0 Å². The molecule has 5 nitrogen and oxygen atoms in total. The van der Waals surface area contributed by atoms with Crippen molar-refractivity contribution in [1.29, 1.82) is 0 Å². The first-order valence-corrected chi connectivity index (χ1v) is 5.30. The molecule has 0 unspecified atom stereocenters. The number of hydrogen-bond donors (Lipinski definition) is 2. The minimum absolute atomic E-state index is 0.0524. The number of aromatic hydroxyl groups is 1. The Morgan fingerprint density at radius 3 is 3.06 bits per heavy atom. The van der Waals surface area contributed by atoms with Gasteiger partial charge in [-0.3, -0.25) is 4.79 Å². The van der Waals surface area contributed by atoms with Crippen LogP contribution < -0.4 is 0 Å². The molecule has 0 spiro atoms. The molecule has 0 bridgehead atoms. The van der Waals surface area contributed by atoms with Gasteiger partial charge in [-0.2, -0.15) is 0 Å². The number of carbonyl (C=O) groups is 1. The summed E-state index contributed by atoms with van der Waals surface area (Å²) < 4.78 is 0. The molecule has 1 aromatic heterocycles. The SMILES string of the molecule is O=C(c1ncccc1O)N1CCC[C@H](O)C1. The average molecular weight is 222 g/mol. The van der Waals surface area contributed by atoms with Crippen LogP contribution in [0.15, 0.2) is 18.3 Å². The summed E-state index contributed by atoms with van der Waals surface area (Å²) in [4.78, 5) is 17.3. The molecule has 1 aliphatic rings. The van der Waals surface area contributed by atoms with Gasteiger partial charge in [0.05, 0.1) is 6.10 Å². The summed E-state index contributed by atoms with van der Waals surface area (Å²) in [6.07, 6.45) is 2.50. The molecule has 0 radical (unpaired) electrons. The zero-order valence-corrected chi connectivity index (χ0v) is 8.83. The van der Waals surface area contributed by atoms with Crippen molar-refractivity contribution < 1.29 is 15.0 Å². The van der Waals surface area contributed by atoms with Crippen LogP contribution in [-0.4, -0.2) is 45.2 Å². The van der Waals surface area contributed by atoms with Gasteiger partial charge in [0.25, 0.3) is 5.91 Å². The molecule has 1 amide bonds. The highest BCUT2D eigenvalue weighted by atomic mass is 16.3. The number of likely N-dealkylation sites (tertiary alicyclic amines) is 1. The second-order valence-electron chi connectivity index (χ2n) is 3.92. The first-order valence-electron chi connectivity index (χ1n) is 5.30. The maximum atomic E-state index is 12.0. The lowest BCUT2D eigenvalue weighted by molar-refractivity contribution is 0.0466. The van der Waals surface area contributed by atoms with E-state index in [4.69, 9.17) is 0 Å². The molecule has 1 aromatic rings. The number of aliphatic hydroxyl groups excluding tert-OH is 1. The molecule has 0 aromatic carbocycles. The predicted molar refractivity (Wildman–Crippen MR) is 57.0 cm³/mol. The summed E-state index contributed by atoms with van der Waals surface area (Å²) in [6.45, 7) is 0.917. The zero-order valence-electron chi connectivity index (χ0n) is 8.83. The van der Waals surface area contributed by atoms with Crippen LogP contribution in [0.1, 0.15) is 23.3 Å². The summed E-state index contributed by atoms with van der Waals surface area (Å²) >= 11 is 0. The Morgan fingerprint density at radius 2 is 2.38 bits per heavy atom. The molecule has 0 saturated carbocycles. The Balaban J connectivity index is 2.16. The molecule has 5 heteroatoms. The monoisotopic (exact) mass is 222 g/mol. The van der Waals surface area contributed by atoms with Crippen LogP contribution in [0.3, 0.4) is 0 Å². The number of carbonyl (C=O) groups excluding carboxylic acids is 1. The van der Waals surface area contributed by atoms with Crippen LogP contribution in [-0.2, 0) is 0 Å². The van der Waals surface area contributed by atoms with Crippen molar-refractivity contribution in [1.82, 2.24) is 9.88 Å². The van der Waals surface area contributed by atoms with Gasteiger partial charge in [-0.05, 0) is 25.0 Å². The second-order valence-corrected chi connectivity index (χ2v) is 3.92. The van der Waals surface area contributed by atoms with Gasteiger partial charge in [-0.15, -0.1) is 0 Å².